The molecule has 0 aromatic carbocycles. The predicted molar refractivity (Wildman–Crippen MR) is 49.1 cm³/mol. The Morgan fingerprint density at radius 2 is 2.38 bits per heavy atom. The minimum Gasteiger partial charge on any atom is -0.481 e. The summed E-state index contributed by atoms with van der Waals surface area (Å²) < 4.78 is 0.615. The van der Waals surface area contributed by atoms with Crippen LogP contribution in [0.3, 0.4) is 0 Å². The van der Waals surface area contributed by atoms with Gasteiger partial charge in [0.2, 0.25) is 0 Å². The zero-order valence-corrected chi connectivity index (χ0v) is 8.23. The van der Waals surface area contributed by atoms with E-state index in [1.165, 1.54) is 6.20 Å². The van der Waals surface area contributed by atoms with Gasteiger partial charge >= 0.3 is 5.97 Å². The molecule has 0 aliphatic carbocycles. The molecule has 70 valence electrons. The van der Waals surface area contributed by atoms with Crippen molar-refractivity contribution >= 4 is 21.9 Å². The van der Waals surface area contributed by atoms with Crippen molar-refractivity contribution in [2.45, 2.75) is 12.5 Å². The fourth-order valence-corrected chi connectivity index (χ4v) is 1.42. The number of hydrogen-bond acceptors (Lipinski definition) is 3. The molecule has 1 rings (SSSR count). The second-order valence-electron chi connectivity index (χ2n) is 2.48. The quantitative estimate of drug-likeness (QED) is 0.844. The van der Waals surface area contributed by atoms with Gasteiger partial charge in [-0.3, -0.25) is 9.78 Å². The average Bonchev–Trinajstić information content (AvgIpc) is 2.03. The van der Waals surface area contributed by atoms with Gasteiger partial charge in [0, 0.05) is 10.7 Å². The summed E-state index contributed by atoms with van der Waals surface area (Å²) in [4.78, 5) is 14.2. The van der Waals surface area contributed by atoms with Crippen molar-refractivity contribution in [2.75, 3.05) is 0 Å². The average molecular weight is 246 g/mol. The highest BCUT2D eigenvalue weighted by Crippen LogP contribution is 2.22. The summed E-state index contributed by atoms with van der Waals surface area (Å²) in [6.45, 7) is 0. The number of carbonyl (C=O) groups is 1. The molecular formula is C8H8BrNO3. The Morgan fingerprint density at radius 1 is 1.69 bits per heavy atom. The van der Waals surface area contributed by atoms with Crippen LogP contribution in [-0.4, -0.2) is 21.2 Å². The Morgan fingerprint density at radius 3 is 2.92 bits per heavy atom. The van der Waals surface area contributed by atoms with E-state index in [2.05, 4.69) is 20.9 Å². The molecule has 0 amide bonds. The second kappa shape index (κ2) is 4.34. The van der Waals surface area contributed by atoms with Crippen molar-refractivity contribution in [1.29, 1.82) is 0 Å². The van der Waals surface area contributed by atoms with Gasteiger partial charge in [0.1, 0.15) is 6.10 Å². The predicted octanol–water partition coefficient (Wildman–Crippen LogP) is 1.35. The number of aliphatic hydroxyl groups is 1. The van der Waals surface area contributed by atoms with Crippen LogP contribution in [0, 0.1) is 0 Å². The van der Waals surface area contributed by atoms with Gasteiger partial charge in [0.05, 0.1) is 12.1 Å². The molecule has 13 heavy (non-hydrogen) atoms. The van der Waals surface area contributed by atoms with Crippen molar-refractivity contribution in [2.24, 2.45) is 0 Å². The Labute approximate surface area is 83.4 Å². The van der Waals surface area contributed by atoms with E-state index < -0.39 is 12.1 Å². The summed E-state index contributed by atoms with van der Waals surface area (Å²) >= 11 is 3.17. The molecule has 0 fully saturated rings. The summed E-state index contributed by atoms with van der Waals surface area (Å²) in [6, 6.07) is 3.40. The molecule has 1 aromatic rings. The van der Waals surface area contributed by atoms with Gasteiger partial charge in [-0.05, 0) is 28.1 Å². The number of aliphatic hydroxyl groups excluding tert-OH is 1. The highest BCUT2D eigenvalue weighted by Gasteiger charge is 2.15. The van der Waals surface area contributed by atoms with Crippen LogP contribution in [0.25, 0.3) is 0 Å². The molecule has 4 nitrogen and oxygen atoms in total. The zero-order chi connectivity index (χ0) is 9.84. The first-order valence-electron chi connectivity index (χ1n) is 3.61. The lowest BCUT2D eigenvalue weighted by molar-refractivity contribution is -0.139. The van der Waals surface area contributed by atoms with Crippen LogP contribution in [0.2, 0.25) is 0 Å². The molecule has 1 unspecified atom stereocenters. The summed E-state index contributed by atoms with van der Waals surface area (Å²) in [5, 5.41) is 17.8. The largest absolute Gasteiger partial charge is 0.481 e. The van der Waals surface area contributed by atoms with E-state index in [0.29, 0.717) is 10.2 Å². The summed E-state index contributed by atoms with van der Waals surface area (Å²) in [6.07, 6.45) is 0.105. The molecule has 2 N–H and O–H groups in total. The molecule has 1 aromatic heterocycles. The molecule has 0 bridgehead atoms. The van der Waals surface area contributed by atoms with E-state index in [-0.39, 0.29) is 6.42 Å². The van der Waals surface area contributed by atoms with Crippen LogP contribution in [0.15, 0.2) is 22.8 Å². The third-order valence-electron chi connectivity index (χ3n) is 1.47. The van der Waals surface area contributed by atoms with Gasteiger partial charge in [0.25, 0.3) is 0 Å². The second-order valence-corrected chi connectivity index (χ2v) is 3.34. The SMILES string of the molecule is O=C(O)CC(O)c1ncccc1Br. The highest BCUT2D eigenvalue weighted by atomic mass is 79.9. The lowest BCUT2D eigenvalue weighted by Gasteiger charge is -2.08. The number of halogens is 1. The van der Waals surface area contributed by atoms with Crippen LogP contribution in [0.1, 0.15) is 18.2 Å². The summed E-state index contributed by atoms with van der Waals surface area (Å²) in [5.74, 6) is -1.05. The van der Waals surface area contributed by atoms with Crippen molar-refractivity contribution in [3.63, 3.8) is 0 Å². The molecule has 0 saturated carbocycles. The van der Waals surface area contributed by atoms with Gasteiger partial charge in [-0.1, -0.05) is 0 Å². The van der Waals surface area contributed by atoms with Gasteiger partial charge < -0.3 is 10.2 Å². The molecule has 0 saturated heterocycles. The van der Waals surface area contributed by atoms with Gasteiger partial charge in [0.15, 0.2) is 0 Å². The minimum absolute atomic E-state index is 0.338. The molecule has 0 aliphatic heterocycles. The number of hydrogen-bond donors (Lipinski definition) is 2. The summed E-state index contributed by atoms with van der Waals surface area (Å²) in [5.41, 5.74) is 0.352. The Hall–Kier alpha value is -0.940. The van der Waals surface area contributed by atoms with E-state index in [4.69, 9.17) is 5.11 Å². The fraction of sp³-hybridized carbons (Fsp3) is 0.250. The van der Waals surface area contributed by atoms with Crippen molar-refractivity contribution in [3.05, 3.63) is 28.5 Å². The monoisotopic (exact) mass is 245 g/mol. The lowest BCUT2D eigenvalue weighted by Crippen LogP contribution is -2.07. The number of aliphatic carboxylic acids is 1. The third-order valence-corrected chi connectivity index (χ3v) is 2.14. The first-order chi connectivity index (χ1) is 6.11. The molecule has 0 aliphatic rings. The lowest BCUT2D eigenvalue weighted by atomic mass is 10.2. The maximum Gasteiger partial charge on any atom is 0.306 e. The Kier molecular flexibility index (Phi) is 3.39. The number of rotatable bonds is 3. The van der Waals surface area contributed by atoms with Crippen molar-refractivity contribution in [1.82, 2.24) is 4.98 Å². The molecule has 5 heteroatoms. The number of aromatic nitrogens is 1. The molecule has 1 atom stereocenters. The topological polar surface area (TPSA) is 70.4 Å². The fourth-order valence-electron chi connectivity index (χ4n) is 0.905. The van der Waals surface area contributed by atoms with Gasteiger partial charge in [-0.15, -0.1) is 0 Å². The highest BCUT2D eigenvalue weighted by molar-refractivity contribution is 9.10. The number of carboxylic acids is 1. The standard InChI is InChI=1S/C8H8BrNO3/c9-5-2-1-3-10-8(5)6(11)4-7(12)13/h1-3,6,11H,4H2,(H,12,13). The van der Waals surface area contributed by atoms with E-state index in [1.807, 2.05) is 0 Å². The van der Waals surface area contributed by atoms with Gasteiger partial charge in [-0.2, -0.15) is 0 Å². The maximum absolute atomic E-state index is 10.3. The zero-order valence-electron chi connectivity index (χ0n) is 6.64. The van der Waals surface area contributed by atoms with Crippen LogP contribution in [0.5, 0.6) is 0 Å². The molecule has 0 spiro atoms. The number of nitrogens with zero attached hydrogens (tertiary/aromatic N) is 1. The first-order valence-corrected chi connectivity index (χ1v) is 4.41. The normalized spacial score (nSPS) is 12.5. The smallest absolute Gasteiger partial charge is 0.306 e. The first kappa shape index (κ1) is 10.1. The Bertz CT molecular complexity index is 316. The van der Waals surface area contributed by atoms with Crippen molar-refractivity contribution < 1.29 is 15.0 Å². The molecule has 1 heterocycles. The van der Waals surface area contributed by atoms with E-state index in [9.17, 15) is 9.90 Å². The van der Waals surface area contributed by atoms with E-state index in [1.54, 1.807) is 12.1 Å². The molecular weight excluding hydrogens is 238 g/mol. The van der Waals surface area contributed by atoms with Crippen LogP contribution >= 0.6 is 15.9 Å². The number of pyridine rings is 1. The van der Waals surface area contributed by atoms with Crippen LogP contribution < -0.4 is 0 Å². The van der Waals surface area contributed by atoms with Crippen LogP contribution in [-0.2, 0) is 4.79 Å². The van der Waals surface area contributed by atoms with E-state index >= 15 is 0 Å². The van der Waals surface area contributed by atoms with Crippen molar-refractivity contribution in [3.8, 4) is 0 Å². The molecule has 0 radical (unpaired) electrons. The minimum atomic E-state index is -1.06. The number of carboxylic acid groups (broad SMARTS) is 1. The van der Waals surface area contributed by atoms with E-state index in [0.717, 1.165) is 0 Å². The van der Waals surface area contributed by atoms with Crippen LogP contribution in [0.4, 0.5) is 0 Å². The maximum atomic E-state index is 10.3. The Balaban J connectivity index is 2.82. The third kappa shape index (κ3) is 2.78. The van der Waals surface area contributed by atoms with Gasteiger partial charge in [-0.25, -0.2) is 0 Å². The summed E-state index contributed by atoms with van der Waals surface area (Å²) in [7, 11) is 0.